The van der Waals surface area contributed by atoms with Crippen molar-refractivity contribution < 1.29 is 8.42 Å². The molecule has 2 rings (SSSR count). The van der Waals surface area contributed by atoms with Gasteiger partial charge in [0.1, 0.15) is 5.82 Å². The maximum Gasteiger partial charge on any atom is 0.260 e. The van der Waals surface area contributed by atoms with Crippen molar-refractivity contribution in [3.05, 3.63) is 47.4 Å². The zero-order chi connectivity index (χ0) is 15.5. The Morgan fingerprint density at radius 2 is 2.05 bits per heavy atom. The molecule has 6 nitrogen and oxygen atoms in total. The number of nitrogens with two attached hydrogens (primary N) is 1. The van der Waals surface area contributed by atoms with Crippen molar-refractivity contribution in [3.8, 4) is 0 Å². The van der Waals surface area contributed by atoms with Gasteiger partial charge in [0.25, 0.3) is 10.0 Å². The third-order valence-electron chi connectivity index (χ3n) is 3.26. The van der Waals surface area contributed by atoms with Crippen LogP contribution in [0, 0.1) is 0 Å². The zero-order valence-corrected chi connectivity index (χ0v) is 13.0. The van der Waals surface area contributed by atoms with Crippen LogP contribution in [0.2, 0.25) is 0 Å². The summed E-state index contributed by atoms with van der Waals surface area (Å²) in [5.74, 6) is 0.659. The maximum atomic E-state index is 12.5. The number of hydrogen-bond acceptors (Lipinski definition) is 4. The molecule has 0 aliphatic rings. The molecule has 0 radical (unpaired) electrons. The molecular weight excluding hydrogens is 288 g/mol. The van der Waals surface area contributed by atoms with Gasteiger partial charge in [-0.05, 0) is 11.1 Å². The summed E-state index contributed by atoms with van der Waals surface area (Å²) in [4.78, 5) is 6.87. The van der Waals surface area contributed by atoms with Gasteiger partial charge in [0.2, 0.25) is 0 Å². The minimum atomic E-state index is -3.56. The summed E-state index contributed by atoms with van der Waals surface area (Å²) in [5.41, 5.74) is 7.48. The average Bonchev–Trinajstić information content (AvgIpc) is 2.97. The summed E-state index contributed by atoms with van der Waals surface area (Å²) in [6, 6.07) is 7.59. The second-order valence-corrected chi connectivity index (χ2v) is 6.85. The van der Waals surface area contributed by atoms with E-state index in [9.17, 15) is 8.42 Å². The van der Waals surface area contributed by atoms with Crippen molar-refractivity contribution in [1.82, 2.24) is 14.3 Å². The van der Waals surface area contributed by atoms with E-state index in [2.05, 4.69) is 9.97 Å². The molecule has 3 N–H and O–H groups in total. The lowest BCUT2D eigenvalue weighted by molar-refractivity contribution is 0.464. The molecule has 0 saturated carbocycles. The Morgan fingerprint density at radius 3 is 2.67 bits per heavy atom. The highest BCUT2D eigenvalue weighted by Crippen LogP contribution is 2.16. The second kappa shape index (κ2) is 6.38. The predicted octanol–water partition coefficient (Wildman–Crippen LogP) is 1.25. The Kier molecular flexibility index (Phi) is 4.76. The SMILES string of the molecule is CCc1ncc(S(=O)(=O)N(C)Cc2cccc(CN)c2)[nH]1. The van der Waals surface area contributed by atoms with Crippen LogP contribution >= 0.6 is 0 Å². The van der Waals surface area contributed by atoms with Crippen molar-refractivity contribution in [2.24, 2.45) is 5.73 Å². The number of benzene rings is 1. The lowest BCUT2D eigenvalue weighted by Gasteiger charge is -2.16. The molecule has 1 aromatic carbocycles. The van der Waals surface area contributed by atoms with Gasteiger partial charge < -0.3 is 10.7 Å². The molecule has 1 heterocycles. The Labute approximate surface area is 125 Å². The highest BCUT2D eigenvalue weighted by Gasteiger charge is 2.23. The Hall–Kier alpha value is -1.70. The molecular formula is C14H20N4O2S. The van der Waals surface area contributed by atoms with E-state index in [-0.39, 0.29) is 11.6 Å². The summed E-state index contributed by atoms with van der Waals surface area (Å²) in [6.45, 7) is 2.64. The topological polar surface area (TPSA) is 92.1 Å². The molecule has 0 saturated heterocycles. The van der Waals surface area contributed by atoms with Crippen LogP contribution in [0.4, 0.5) is 0 Å². The van der Waals surface area contributed by atoms with E-state index in [1.54, 1.807) is 7.05 Å². The van der Waals surface area contributed by atoms with Gasteiger partial charge in [-0.3, -0.25) is 0 Å². The third kappa shape index (κ3) is 3.49. The number of aryl methyl sites for hydroxylation is 1. The van der Waals surface area contributed by atoms with Gasteiger partial charge in [0, 0.05) is 26.6 Å². The first kappa shape index (κ1) is 15.7. The third-order valence-corrected chi connectivity index (χ3v) is 4.97. The Balaban J connectivity index is 2.19. The number of nitrogens with zero attached hydrogens (tertiary/aromatic N) is 2. The van der Waals surface area contributed by atoms with E-state index in [1.165, 1.54) is 10.5 Å². The normalized spacial score (nSPS) is 12.0. The zero-order valence-electron chi connectivity index (χ0n) is 12.2. The summed E-state index contributed by atoms with van der Waals surface area (Å²) in [7, 11) is -2.01. The molecule has 0 aliphatic carbocycles. The Bertz CT molecular complexity index is 709. The van der Waals surface area contributed by atoms with E-state index in [4.69, 9.17) is 5.73 Å². The van der Waals surface area contributed by atoms with Crippen LogP contribution in [0.15, 0.2) is 35.5 Å². The van der Waals surface area contributed by atoms with E-state index in [1.807, 2.05) is 31.2 Å². The second-order valence-electron chi connectivity index (χ2n) is 4.83. The summed E-state index contributed by atoms with van der Waals surface area (Å²) >= 11 is 0. The predicted molar refractivity (Wildman–Crippen MR) is 81.0 cm³/mol. The smallest absolute Gasteiger partial charge is 0.260 e. The van der Waals surface area contributed by atoms with Crippen LogP contribution < -0.4 is 5.73 Å². The van der Waals surface area contributed by atoms with E-state index in [0.29, 0.717) is 18.8 Å². The van der Waals surface area contributed by atoms with E-state index < -0.39 is 10.0 Å². The summed E-state index contributed by atoms with van der Waals surface area (Å²) in [6.07, 6.45) is 2.03. The van der Waals surface area contributed by atoms with E-state index >= 15 is 0 Å². The van der Waals surface area contributed by atoms with Crippen molar-refractivity contribution in [2.45, 2.75) is 31.5 Å². The van der Waals surface area contributed by atoms with Gasteiger partial charge in [-0.15, -0.1) is 0 Å². The highest BCUT2D eigenvalue weighted by molar-refractivity contribution is 7.89. The number of H-pyrrole nitrogens is 1. The van der Waals surface area contributed by atoms with Crippen LogP contribution in [0.5, 0.6) is 0 Å². The minimum absolute atomic E-state index is 0.122. The van der Waals surface area contributed by atoms with Crippen molar-refractivity contribution in [2.75, 3.05) is 7.05 Å². The number of rotatable bonds is 6. The van der Waals surface area contributed by atoms with Crippen LogP contribution in [-0.2, 0) is 29.5 Å². The minimum Gasteiger partial charge on any atom is -0.332 e. The summed E-state index contributed by atoms with van der Waals surface area (Å²) < 4.78 is 26.2. The maximum absolute atomic E-state index is 12.5. The molecule has 0 amide bonds. The van der Waals surface area contributed by atoms with Gasteiger partial charge in [0.15, 0.2) is 5.03 Å². The van der Waals surface area contributed by atoms with Gasteiger partial charge >= 0.3 is 0 Å². The van der Waals surface area contributed by atoms with Crippen LogP contribution in [-0.4, -0.2) is 29.7 Å². The standard InChI is InChI=1S/C14H20N4O2S/c1-3-13-16-9-14(17-13)21(19,20)18(2)10-12-6-4-5-11(7-12)8-15/h4-7,9H,3,8,10,15H2,1-2H3,(H,16,17). The quantitative estimate of drug-likeness (QED) is 0.840. The van der Waals surface area contributed by atoms with Crippen LogP contribution in [0.1, 0.15) is 23.9 Å². The van der Waals surface area contributed by atoms with Gasteiger partial charge in [-0.25, -0.2) is 13.4 Å². The van der Waals surface area contributed by atoms with Crippen LogP contribution in [0.25, 0.3) is 0 Å². The van der Waals surface area contributed by atoms with Crippen molar-refractivity contribution in [1.29, 1.82) is 0 Å². The fraction of sp³-hybridized carbons (Fsp3) is 0.357. The molecule has 114 valence electrons. The van der Waals surface area contributed by atoms with Gasteiger partial charge in [-0.1, -0.05) is 31.2 Å². The van der Waals surface area contributed by atoms with Gasteiger partial charge in [-0.2, -0.15) is 4.31 Å². The molecule has 7 heteroatoms. The average molecular weight is 308 g/mol. The van der Waals surface area contributed by atoms with Crippen LogP contribution in [0.3, 0.4) is 0 Å². The molecule has 0 atom stereocenters. The first-order chi connectivity index (χ1) is 9.97. The fourth-order valence-corrected chi connectivity index (χ4v) is 3.11. The lowest BCUT2D eigenvalue weighted by atomic mass is 10.1. The molecule has 0 fully saturated rings. The molecule has 21 heavy (non-hydrogen) atoms. The molecule has 0 aliphatic heterocycles. The number of aromatic amines is 1. The number of sulfonamides is 1. The monoisotopic (exact) mass is 308 g/mol. The van der Waals surface area contributed by atoms with Gasteiger partial charge in [0.05, 0.1) is 6.20 Å². The molecule has 1 aromatic heterocycles. The highest BCUT2D eigenvalue weighted by atomic mass is 32.2. The largest absolute Gasteiger partial charge is 0.332 e. The summed E-state index contributed by atoms with van der Waals surface area (Å²) in [5, 5.41) is 0.122. The molecule has 0 bridgehead atoms. The van der Waals surface area contributed by atoms with Crippen molar-refractivity contribution >= 4 is 10.0 Å². The Morgan fingerprint density at radius 1 is 1.33 bits per heavy atom. The first-order valence-electron chi connectivity index (χ1n) is 6.75. The number of nitrogens with one attached hydrogen (secondary N) is 1. The first-order valence-corrected chi connectivity index (χ1v) is 8.19. The lowest BCUT2D eigenvalue weighted by Crippen LogP contribution is -2.26. The molecule has 2 aromatic rings. The van der Waals surface area contributed by atoms with E-state index in [0.717, 1.165) is 11.1 Å². The number of hydrogen-bond donors (Lipinski definition) is 2. The fourth-order valence-electron chi connectivity index (χ4n) is 2.02. The molecule has 0 unspecified atom stereocenters. The number of aromatic nitrogens is 2. The number of imidazole rings is 1. The molecule has 0 spiro atoms. The van der Waals surface area contributed by atoms with Crippen molar-refractivity contribution in [3.63, 3.8) is 0 Å².